The van der Waals surface area contributed by atoms with Gasteiger partial charge in [-0.2, -0.15) is 0 Å². The Morgan fingerprint density at radius 2 is 2.09 bits per heavy atom. The zero-order valence-corrected chi connectivity index (χ0v) is 9.09. The summed E-state index contributed by atoms with van der Waals surface area (Å²) in [4.78, 5) is 13.5. The fraction of sp³-hybridized carbons (Fsp3) is 0.500. The molecule has 0 aromatic heterocycles. The van der Waals surface area contributed by atoms with E-state index >= 15 is 0 Å². The van der Waals surface area contributed by atoms with Gasteiger partial charge in [0, 0.05) is 5.57 Å². The van der Waals surface area contributed by atoms with Gasteiger partial charge in [0.2, 0.25) is 5.91 Å². The fourth-order valence-corrected chi connectivity index (χ4v) is 1.60. The Balaban J connectivity index is 4.04. The first-order valence-electron chi connectivity index (χ1n) is 3.25. The molecule has 0 saturated heterocycles. The number of halogens is 2. The lowest BCUT2D eigenvalue weighted by Gasteiger charge is -2.15. The number of carbonyl (C=O) groups excluding carboxylic acids is 1. The van der Waals surface area contributed by atoms with E-state index < -0.39 is 6.86 Å². The second kappa shape index (κ2) is 4.14. The van der Waals surface area contributed by atoms with Crippen molar-refractivity contribution in [1.82, 2.24) is 4.98 Å². The van der Waals surface area contributed by atoms with Crippen molar-refractivity contribution in [2.24, 2.45) is 0 Å². The van der Waals surface area contributed by atoms with Crippen molar-refractivity contribution >= 4 is 34.9 Å². The predicted octanol–water partition coefficient (Wildman–Crippen LogP) is 2.12. The number of hydrogen-bond donors (Lipinski definition) is 1. The Labute approximate surface area is 77.1 Å². The number of rotatable bonds is 3. The maximum Gasteiger partial charge on any atom is 0.352 e. The van der Waals surface area contributed by atoms with Gasteiger partial charge in [-0.25, -0.2) is 0 Å². The highest BCUT2D eigenvalue weighted by Crippen LogP contribution is 2.15. The first-order chi connectivity index (χ1) is 4.89. The zero-order chi connectivity index (χ0) is 9.07. The SMILES string of the molecule is C=C(C)C(=O)N[Si](Cl)(Cl)CC. The number of hydrogen-bond acceptors (Lipinski definition) is 1. The van der Waals surface area contributed by atoms with Gasteiger partial charge < -0.3 is 4.98 Å². The van der Waals surface area contributed by atoms with Crippen molar-refractivity contribution in [2.45, 2.75) is 19.9 Å². The molecule has 0 bridgehead atoms. The van der Waals surface area contributed by atoms with Gasteiger partial charge in [0.05, 0.1) is 0 Å². The summed E-state index contributed by atoms with van der Waals surface area (Å²) in [5, 5.41) is 0. The van der Waals surface area contributed by atoms with Gasteiger partial charge in [-0.1, -0.05) is 13.5 Å². The first-order valence-corrected chi connectivity index (χ1v) is 7.48. The minimum Gasteiger partial charge on any atom is -0.354 e. The summed E-state index contributed by atoms with van der Waals surface area (Å²) in [5.74, 6) is -0.261. The van der Waals surface area contributed by atoms with Gasteiger partial charge in [-0.3, -0.25) is 4.79 Å². The van der Waals surface area contributed by atoms with Crippen LogP contribution in [-0.2, 0) is 4.79 Å². The van der Waals surface area contributed by atoms with Gasteiger partial charge in [-0.15, -0.1) is 22.2 Å². The number of amides is 1. The Morgan fingerprint density at radius 1 is 1.64 bits per heavy atom. The van der Waals surface area contributed by atoms with Crippen LogP contribution in [-0.4, -0.2) is 12.8 Å². The van der Waals surface area contributed by atoms with E-state index in [0.717, 1.165) is 0 Å². The van der Waals surface area contributed by atoms with Crippen LogP contribution in [0.4, 0.5) is 0 Å². The molecule has 0 radical (unpaired) electrons. The molecule has 2 nitrogen and oxygen atoms in total. The van der Waals surface area contributed by atoms with Crippen LogP contribution in [0.25, 0.3) is 0 Å². The van der Waals surface area contributed by atoms with Crippen LogP contribution < -0.4 is 4.98 Å². The van der Waals surface area contributed by atoms with Gasteiger partial charge in [0.1, 0.15) is 0 Å². The van der Waals surface area contributed by atoms with E-state index in [1.165, 1.54) is 0 Å². The van der Waals surface area contributed by atoms with E-state index in [1.54, 1.807) is 6.92 Å². The highest BCUT2D eigenvalue weighted by Gasteiger charge is 2.28. The van der Waals surface area contributed by atoms with E-state index in [0.29, 0.717) is 11.6 Å². The van der Waals surface area contributed by atoms with Crippen molar-refractivity contribution in [3.63, 3.8) is 0 Å². The molecule has 0 atom stereocenters. The van der Waals surface area contributed by atoms with E-state index in [9.17, 15) is 4.79 Å². The molecule has 5 heteroatoms. The second-order valence-electron chi connectivity index (χ2n) is 2.29. The lowest BCUT2D eigenvalue weighted by Crippen LogP contribution is -2.43. The van der Waals surface area contributed by atoms with E-state index in [-0.39, 0.29) is 5.91 Å². The van der Waals surface area contributed by atoms with E-state index in [2.05, 4.69) is 11.6 Å². The molecular formula is C6H11Cl2NOSi. The minimum atomic E-state index is -2.52. The normalized spacial score (nSPS) is 10.9. The van der Waals surface area contributed by atoms with Crippen LogP contribution in [0.3, 0.4) is 0 Å². The van der Waals surface area contributed by atoms with Gasteiger partial charge in [0.25, 0.3) is 0 Å². The molecule has 0 saturated carbocycles. The Morgan fingerprint density at radius 3 is 2.36 bits per heavy atom. The van der Waals surface area contributed by atoms with Crippen LogP contribution in [0.5, 0.6) is 0 Å². The van der Waals surface area contributed by atoms with Gasteiger partial charge in [0.15, 0.2) is 0 Å². The summed E-state index contributed by atoms with van der Waals surface area (Å²) in [6, 6.07) is 0.592. The van der Waals surface area contributed by atoms with Crippen LogP contribution in [0, 0.1) is 0 Å². The van der Waals surface area contributed by atoms with Gasteiger partial charge in [-0.05, 0) is 13.0 Å². The zero-order valence-electron chi connectivity index (χ0n) is 6.58. The van der Waals surface area contributed by atoms with Crippen molar-refractivity contribution in [3.05, 3.63) is 12.2 Å². The number of nitrogens with one attached hydrogen (secondary N) is 1. The molecule has 0 heterocycles. The maximum atomic E-state index is 11.0. The number of carbonyl (C=O) groups is 1. The molecule has 0 aromatic rings. The standard InChI is InChI=1S/C6H11Cl2NOSi/c1-4-11(7,8)9-6(10)5(2)3/h2,4H2,1,3H3,(H,9,10). The molecular weight excluding hydrogens is 201 g/mol. The van der Waals surface area contributed by atoms with Crippen molar-refractivity contribution in [1.29, 1.82) is 0 Å². The highest BCUT2D eigenvalue weighted by molar-refractivity contribution is 7.44. The van der Waals surface area contributed by atoms with Crippen LogP contribution in [0.2, 0.25) is 6.04 Å². The Hall–Kier alpha value is 0.00688. The topological polar surface area (TPSA) is 29.1 Å². The Kier molecular flexibility index (Phi) is 4.14. The van der Waals surface area contributed by atoms with Crippen molar-refractivity contribution in [2.75, 3.05) is 0 Å². The molecule has 11 heavy (non-hydrogen) atoms. The van der Waals surface area contributed by atoms with Crippen LogP contribution in [0.1, 0.15) is 13.8 Å². The largest absolute Gasteiger partial charge is 0.354 e. The third kappa shape index (κ3) is 4.45. The summed E-state index contributed by atoms with van der Waals surface area (Å²) in [5.41, 5.74) is 0.427. The fourth-order valence-electron chi connectivity index (χ4n) is 0.361. The molecule has 0 rings (SSSR count). The van der Waals surface area contributed by atoms with E-state index in [4.69, 9.17) is 22.2 Å². The average molecular weight is 212 g/mol. The average Bonchev–Trinajstić information content (AvgIpc) is 1.87. The molecule has 0 aliphatic carbocycles. The molecule has 0 unspecified atom stereocenters. The quantitative estimate of drug-likeness (QED) is 0.433. The molecule has 64 valence electrons. The molecule has 0 fully saturated rings. The highest BCUT2D eigenvalue weighted by atomic mass is 35.7. The monoisotopic (exact) mass is 211 g/mol. The summed E-state index contributed by atoms with van der Waals surface area (Å²) in [6.45, 7) is 4.40. The molecule has 1 amide bonds. The van der Waals surface area contributed by atoms with Crippen LogP contribution in [0.15, 0.2) is 12.2 Å². The molecule has 0 aromatic carbocycles. The molecule has 0 aliphatic rings. The smallest absolute Gasteiger partial charge is 0.352 e. The summed E-state index contributed by atoms with van der Waals surface area (Å²) in [6.07, 6.45) is 0. The Bertz CT molecular complexity index is 181. The summed E-state index contributed by atoms with van der Waals surface area (Å²) < 4.78 is 0. The molecule has 1 N–H and O–H groups in total. The van der Waals surface area contributed by atoms with Crippen molar-refractivity contribution in [3.8, 4) is 0 Å². The molecule has 0 aliphatic heterocycles. The van der Waals surface area contributed by atoms with Gasteiger partial charge >= 0.3 is 6.86 Å². The van der Waals surface area contributed by atoms with Crippen LogP contribution >= 0.6 is 22.2 Å². The second-order valence-corrected chi connectivity index (χ2v) is 9.11. The first kappa shape index (κ1) is 11.0. The molecule has 0 spiro atoms. The third-order valence-electron chi connectivity index (χ3n) is 1.13. The summed E-state index contributed by atoms with van der Waals surface area (Å²) >= 11 is 11.6. The lowest BCUT2D eigenvalue weighted by molar-refractivity contribution is -0.115. The minimum absolute atomic E-state index is 0.261. The van der Waals surface area contributed by atoms with Crippen molar-refractivity contribution < 1.29 is 4.79 Å². The van der Waals surface area contributed by atoms with E-state index in [1.807, 2.05) is 6.92 Å². The lowest BCUT2D eigenvalue weighted by atomic mass is 10.3. The summed E-state index contributed by atoms with van der Waals surface area (Å²) in [7, 11) is 0. The predicted molar refractivity (Wildman–Crippen MR) is 50.9 cm³/mol. The maximum absolute atomic E-state index is 11.0. The third-order valence-corrected chi connectivity index (χ3v) is 4.78.